The summed E-state index contributed by atoms with van der Waals surface area (Å²) in [7, 11) is -0.406. The third-order valence-electron chi connectivity index (χ3n) is 9.74. The molecular formula is C42H36BNO3. The molecular weight excluding hydrogens is 577 g/mol. The van der Waals surface area contributed by atoms with E-state index in [2.05, 4.69) is 172 Å². The topological polar surface area (TPSA) is 34.8 Å². The molecule has 0 aliphatic carbocycles. The lowest BCUT2D eigenvalue weighted by molar-refractivity contribution is 0.00578. The summed E-state index contributed by atoms with van der Waals surface area (Å²) in [5.41, 5.74) is 9.60. The van der Waals surface area contributed by atoms with Crippen molar-refractivity contribution in [2.75, 3.05) is 4.90 Å². The smallest absolute Gasteiger partial charge is 0.455 e. The Kier molecular flexibility index (Phi) is 7.05. The van der Waals surface area contributed by atoms with E-state index in [0.717, 1.165) is 66.7 Å². The summed E-state index contributed by atoms with van der Waals surface area (Å²) in [6.07, 6.45) is 0. The molecule has 0 atom stereocenters. The van der Waals surface area contributed by atoms with E-state index in [4.69, 9.17) is 13.7 Å². The molecule has 0 radical (unpaired) electrons. The molecule has 1 aromatic heterocycles. The molecule has 230 valence electrons. The second-order valence-corrected chi connectivity index (χ2v) is 13.2. The maximum atomic E-state index is 6.69. The maximum Gasteiger partial charge on any atom is 0.494 e. The zero-order valence-corrected chi connectivity index (χ0v) is 27.1. The van der Waals surface area contributed by atoms with Crippen molar-refractivity contribution in [1.82, 2.24) is 0 Å². The highest BCUT2D eigenvalue weighted by atomic mass is 16.7. The number of rotatable bonds is 6. The second kappa shape index (κ2) is 11.3. The van der Waals surface area contributed by atoms with Crippen LogP contribution in [0.25, 0.3) is 44.2 Å². The third kappa shape index (κ3) is 5.03. The molecule has 8 rings (SSSR count). The molecule has 7 aromatic rings. The summed E-state index contributed by atoms with van der Waals surface area (Å²) in [5, 5.41) is 2.19. The number of para-hydroxylation sites is 4. The van der Waals surface area contributed by atoms with Gasteiger partial charge >= 0.3 is 7.12 Å². The normalized spacial score (nSPS) is 15.4. The van der Waals surface area contributed by atoms with Crippen LogP contribution in [0.5, 0.6) is 0 Å². The monoisotopic (exact) mass is 613 g/mol. The minimum Gasteiger partial charge on any atom is -0.455 e. The van der Waals surface area contributed by atoms with Crippen molar-refractivity contribution in [2.24, 2.45) is 0 Å². The first-order valence-corrected chi connectivity index (χ1v) is 16.2. The van der Waals surface area contributed by atoms with Crippen molar-refractivity contribution >= 4 is 51.6 Å². The largest absolute Gasteiger partial charge is 0.494 e. The average molecular weight is 614 g/mol. The standard InChI is InChI=1S/C42H36BNO3/c1-41(2)42(3,4)47-43(46-41)30-25-23-29(24-26-30)33-27-28-35(39-36-20-12-14-22-38(36)45-40(33)39)34-19-11-13-21-37(34)44(31-15-7-5-8-16-31)32-17-9-6-10-18-32/h5-28H,1-4H3. The predicted molar refractivity (Wildman–Crippen MR) is 195 cm³/mol. The van der Waals surface area contributed by atoms with Crippen molar-refractivity contribution in [1.29, 1.82) is 0 Å². The lowest BCUT2D eigenvalue weighted by atomic mass is 9.78. The molecule has 47 heavy (non-hydrogen) atoms. The molecule has 0 unspecified atom stereocenters. The van der Waals surface area contributed by atoms with E-state index in [1.807, 2.05) is 6.07 Å². The van der Waals surface area contributed by atoms with Gasteiger partial charge in [-0.1, -0.05) is 103 Å². The highest BCUT2D eigenvalue weighted by Gasteiger charge is 2.51. The molecule has 1 saturated heterocycles. The summed E-state index contributed by atoms with van der Waals surface area (Å²) in [5.74, 6) is 0. The Bertz CT molecular complexity index is 2150. The highest BCUT2D eigenvalue weighted by molar-refractivity contribution is 6.62. The molecule has 6 aromatic carbocycles. The molecule has 0 spiro atoms. The number of nitrogens with zero attached hydrogens (tertiary/aromatic N) is 1. The van der Waals surface area contributed by atoms with E-state index in [1.54, 1.807) is 0 Å². The van der Waals surface area contributed by atoms with Gasteiger partial charge in [0.05, 0.1) is 16.9 Å². The first-order valence-electron chi connectivity index (χ1n) is 16.2. The van der Waals surface area contributed by atoms with Crippen LogP contribution in [0.1, 0.15) is 27.7 Å². The van der Waals surface area contributed by atoms with Crippen molar-refractivity contribution < 1.29 is 13.7 Å². The number of anilines is 3. The van der Waals surface area contributed by atoms with Gasteiger partial charge in [-0.2, -0.15) is 0 Å². The van der Waals surface area contributed by atoms with Crippen LogP contribution < -0.4 is 10.4 Å². The van der Waals surface area contributed by atoms with E-state index < -0.39 is 7.12 Å². The SMILES string of the molecule is CC1(C)OB(c2ccc(-c3ccc(-c4ccccc4N(c4ccccc4)c4ccccc4)c4c3oc3ccccc34)cc2)OC1(C)C. The lowest BCUT2D eigenvalue weighted by Gasteiger charge is -2.32. The molecule has 0 bridgehead atoms. The fourth-order valence-electron chi connectivity index (χ4n) is 6.56. The molecule has 1 aliphatic rings. The van der Waals surface area contributed by atoms with Gasteiger partial charge in [-0.3, -0.25) is 0 Å². The third-order valence-corrected chi connectivity index (χ3v) is 9.74. The minimum atomic E-state index is -0.406. The second-order valence-electron chi connectivity index (χ2n) is 13.2. The quantitative estimate of drug-likeness (QED) is 0.175. The average Bonchev–Trinajstić information content (AvgIpc) is 3.59. The first-order chi connectivity index (χ1) is 22.8. The van der Waals surface area contributed by atoms with Crippen LogP contribution in [0.2, 0.25) is 0 Å². The van der Waals surface area contributed by atoms with Crippen LogP contribution in [0.4, 0.5) is 17.1 Å². The summed E-state index contributed by atoms with van der Waals surface area (Å²) in [6, 6.07) is 51.0. The summed E-state index contributed by atoms with van der Waals surface area (Å²) < 4.78 is 19.3. The van der Waals surface area contributed by atoms with E-state index in [0.29, 0.717) is 0 Å². The molecule has 0 N–H and O–H groups in total. The van der Waals surface area contributed by atoms with E-state index in [-0.39, 0.29) is 11.2 Å². The van der Waals surface area contributed by atoms with Crippen LogP contribution in [-0.2, 0) is 9.31 Å². The fourth-order valence-corrected chi connectivity index (χ4v) is 6.56. The van der Waals surface area contributed by atoms with Gasteiger partial charge in [0.1, 0.15) is 11.2 Å². The van der Waals surface area contributed by atoms with E-state index in [1.165, 1.54) is 0 Å². The molecule has 0 amide bonds. The van der Waals surface area contributed by atoms with Crippen molar-refractivity contribution in [3.63, 3.8) is 0 Å². The van der Waals surface area contributed by atoms with Crippen LogP contribution in [0, 0.1) is 0 Å². The summed E-state index contributed by atoms with van der Waals surface area (Å²) >= 11 is 0. The molecule has 2 heterocycles. The Morgan fingerprint density at radius 1 is 0.511 bits per heavy atom. The van der Waals surface area contributed by atoms with Gasteiger partial charge < -0.3 is 18.6 Å². The summed E-state index contributed by atoms with van der Waals surface area (Å²) in [6.45, 7) is 8.33. The molecule has 0 saturated carbocycles. The zero-order valence-electron chi connectivity index (χ0n) is 27.1. The maximum absolute atomic E-state index is 6.69. The van der Waals surface area contributed by atoms with Gasteiger partial charge in [0.25, 0.3) is 0 Å². The Labute approximate surface area is 276 Å². The fraction of sp³-hybridized carbons (Fsp3) is 0.143. The first kappa shape index (κ1) is 29.3. The zero-order chi connectivity index (χ0) is 32.2. The van der Waals surface area contributed by atoms with Crippen molar-refractivity contribution in [3.8, 4) is 22.3 Å². The predicted octanol–water partition coefficient (Wildman–Crippen LogP) is 10.7. The lowest BCUT2D eigenvalue weighted by Crippen LogP contribution is -2.41. The Morgan fingerprint density at radius 3 is 1.72 bits per heavy atom. The van der Waals surface area contributed by atoms with Crippen LogP contribution in [-0.4, -0.2) is 18.3 Å². The van der Waals surface area contributed by atoms with Crippen LogP contribution in [0.15, 0.2) is 150 Å². The Morgan fingerprint density at radius 2 is 1.06 bits per heavy atom. The minimum absolute atomic E-state index is 0.389. The molecule has 1 fully saturated rings. The van der Waals surface area contributed by atoms with Gasteiger partial charge in [-0.05, 0) is 86.7 Å². The number of fused-ring (bicyclic) bond motifs is 3. The van der Waals surface area contributed by atoms with Crippen LogP contribution >= 0.6 is 0 Å². The number of furan rings is 1. The van der Waals surface area contributed by atoms with Crippen molar-refractivity contribution in [3.05, 3.63) is 146 Å². The molecule has 5 heteroatoms. The number of hydrogen-bond acceptors (Lipinski definition) is 4. The van der Waals surface area contributed by atoms with Crippen LogP contribution in [0.3, 0.4) is 0 Å². The number of benzene rings is 6. The van der Waals surface area contributed by atoms with Gasteiger partial charge in [-0.15, -0.1) is 0 Å². The van der Waals surface area contributed by atoms with Gasteiger partial charge in [0.2, 0.25) is 0 Å². The van der Waals surface area contributed by atoms with Gasteiger partial charge in [-0.25, -0.2) is 0 Å². The molecule has 4 nitrogen and oxygen atoms in total. The van der Waals surface area contributed by atoms with Crippen molar-refractivity contribution in [2.45, 2.75) is 38.9 Å². The van der Waals surface area contributed by atoms with Gasteiger partial charge in [0, 0.05) is 33.3 Å². The Balaban J connectivity index is 1.28. The Hall–Kier alpha value is -5.10. The van der Waals surface area contributed by atoms with E-state index >= 15 is 0 Å². The number of hydrogen-bond donors (Lipinski definition) is 0. The highest BCUT2D eigenvalue weighted by Crippen LogP contribution is 2.46. The summed E-state index contributed by atoms with van der Waals surface area (Å²) in [4.78, 5) is 2.33. The van der Waals surface area contributed by atoms with E-state index in [9.17, 15) is 0 Å². The molecule has 1 aliphatic heterocycles. The van der Waals surface area contributed by atoms with Gasteiger partial charge in [0.15, 0.2) is 0 Å².